The van der Waals surface area contributed by atoms with Gasteiger partial charge in [0, 0.05) is 23.7 Å². The maximum atomic E-state index is 5.11. The molecule has 1 N–H and O–H groups in total. The normalized spacial score (nSPS) is 12.4. The van der Waals surface area contributed by atoms with Crippen LogP contribution < -0.4 is 10.1 Å². The van der Waals surface area contributed by atoms with Crippen LogP contribution in [0.1, 0.15) is 35.5 Å². The molecular formula is C14H19N3OS. The highest BCUT2D eigenvalue weighted by Crippen LogP contribution is 2.20. The van der Waals surface area contributed by atoms with Gasteiger partial charge in [-0.2, -0.15) is 0 Å². The van der Waals surface area contributed by atoms with Gasteiger partial charge >= 0.3 is 0 Å². The summed E-state index contributed by atoms with van der Waals surface area (Å²) in [6, 6.07) is 6.02. The molecule has 0 saturated carbocycles. The third kappa shape index (κ3) is 3.75. The lowest BCUT2D eigenvalue weighted by Gasteiger charge is -2.11. The minimum absolute atomic E-state index is 0.235. The van der Waals surface area contributed by atoms with Crippen LogP contribution in [0.25, 0.3) is 0 Å². The quantitative estimate of drug-likeness (QED) is 0.882. The van der Waals surface area contributed by atoms with Gasteiger partial charge in [0.2, 0.25) is 5.88 Å². The third-order valence-corrected chi connectivity index (χ3v) is 4.19. The number of ether oxygens (including phenoxy) is 1. The maximum Gasteiger partial charge on any atom is 0.213 e. The molecule has 0 saturated heterocycles. The van der Waals surface area contributed by atoms with Crippen molar-refractivity contribution in [2.75, 3.05) is 7.11 Å². The number of aryl methyl sites for hydroxylation is 1. The van der Waals surface area contributed by atoms with E-state index < -0.39 is 0 Å². The van der Waals surface area contributed by atoms with E-state index in [4.69, 9.17) is 4.74 Å². The summed E-state index contributed by atoms with van der Waals surface area (Å²) < 4.78 is 5.11. The molecule has 0 fully saturated rings. The van der Waals surface area contributed by atoms with Crippen molar-refractivity contribution >= 4 is 11.3 Å². The van der Waals surface area contributed by atoms with E-state index in [1.165, 1.54) is 4.88 Å². The summed E-state index contributed by atoms with van der Waals surface area (Å²) >= 11 is 1.77. The zero-order chi connectivity index (χ0) is 13.7. The van der Waals surface area contributed by atoms with Crippen LogP contribution in [-0.4, -0.2) is 17.1 Å². The van der Waals surface area contributed by atoms with E-state index in [0.717, 1.165) is 17.1 Å². The molecule has 2 rings (SSSR count). The topological polar surface area (TPSA) is 47.0 Å². The largest absolute Gasteiger partial charge is 0.481 e. The van der Waals surface area contributed by atoms with Gasteiger partial charge in [-0.15, -0.1) is 11.3 Å². The van der Waals surface area contributed by atoms with Crippen LogP contribution in [0.4, 0.5) is 0 Å². The molecule has 4 nitrogen and oxygen atoms in total. The van der Waals surface area contributed by atoms with Crippen molar-refractivity contribution in [1.29, 1.82) is 0 Å². The van der Waals surface area contributed by atoms with Gasteiger partial charge in [-0.3, -0.25) is 0 Å². The Kier molecular flexibility index (Phi) is 4.87. The van der Waals surface area contributed by atoms with Crippen molar-refractivity contribution in [1.82, 2.24) is 15.3 Å². The van der Waals surface area contributed by atoms with Crippen LogP contribution in [0.15, 0.2) is 24.4 Å². The number of thiazole rings is 1. The molecule has 5 heteroatoms. The summed E-state index contributed by atoms with van der Waals surface area (Å²) in [4.78, 5) is 10.1. The molecule has 0 bridgehead atoms. The van der Waals surface area contributed by atoms with Gasteiger partial charge in [-0.25, -0.2) is 9.97 Å². The van der Waals surface area contributed by atoms with Gasteiger partial charge in [0.05, 0.1) is 18.8 Å². The number of nitrogens with one attached hydrogen (secondary N) is 1. The highest BCUT2D eigenvalue weighted by atomic mass is 32.1. The van der Waals surface area contributed by atoms with Gasteiger partial charge in [-0.1, -0.05) is 13.0 Å². The molecule has 0 aliphatic heterocycles. The summed E-state index contributed by atoms with van der Waals surface area (Å²) in [6.45, 7) is 4.98. The Labute approximate surface area is 117 Å². The van der Waals surface area contributed by atoms with Crippen molar-refractivity contribution in [3.8, 4) is 5.88 Å². The van der Waals surface area contributed by atoms with Crippen molar-refractivity contribution in [2.45, 2.75) is 32.9 Å². The van der Waals surface area contributed by atoms with Crippen LogP contribution >= 0.6 is 11.3 Å². The minimum atomic E-state index is 0.235. The summed E-state index contributed by atoms with van der Waals surface area (Å²) in [7, 11) is 1.63. The minimum Gasteiger partial charge on any atom is -0.481 e. The number of rotatable bonds is 6. The predicted octanol–water partition coefficient (Wildman–Crippen LogP) is 2.96. The van der Waals surface area contributed by atoms with Crippen LogP contribution in [0.5, 0.6) is 5.88 Å². The molecule has 0 aliphatic carbocycles. The average molecular weight is 277 g/mol. The van der Waals surface area contributed by atoms with Gasteiger partial charge < -0.3 is 10.1 Å². The smallest absolute Gasteiger partial charge is 0.213 e. The second-order valence-electron chi connectivity index (χ2n) is 4.29. The second kappa shape index (κ2) is 6.63. The fourth-order valence-electron chi connectivity index (χ4n) is 1.70. The molecule has 2 heterocycles. The van der Waals surface area contributed by atoms with E-state index in [1.807, 2.05) is 24.4 Å². The van der Waals surface area contributed by atoms with Gasteiger partial charge in [-0.05, 0) is 19.4 Å². The maximum absolute atomic E-state index is 5.11. The van der Waals surface area contributed by atoms with E-state index in [0.29, 0.717) is 12.4 Å². The first-order valence-electron chi connectivity index (χ1n) is 6.40. The zero-order valence-electron chi connectivity index (χ0n) is 11.5. The van der Waals surface area contributed by atoms with E-state index in [1.54, 1.807) is 18.4 Å². The standard InChI is InChI=1S/C14H19N3OS/c1-4-12-9-16-14(19-12)10(2)15-8-11-6-5-7-13(17-11)18-3/h5-7,9-10,15H,4,8H2,1-3H3. The Balaban J connectivity index is 1.93. The Morgan fingerprint density at radius 2 is 2.26 bits per heavy atom. The third-order valence-electron chi connectivity index (χ3n) is 2.87. The van der Waals surface area contributed by atoms with Crippen LogP contribution in [0.2, 0.25) is 0 Å². The molecule has 0 radical (unpaired) electrons. The summed E-state index contributed by atoms with van der Waals surface area (Å²) in [5, 5.41) is 4.56. The van der Waals surface area contributed by atoms with E-state index in [9.17, 15) is 0 Å². The van der Waals surface area contributed by atoms with E-state index in [-0.39, 0.29) is 6.04 Å². The van der Waals surface area contributed by atoms with Crippen LogP contribution in [0.3, 0.4) is 0 Å². The highest BCUT2D eigenvalue weighted by Gasteiger charge is 2.10. The van der Waals surface area contributed by atoms with Gasteiger partial charge in [0.15, 0.2) is 0 Å². The average Bonchev–Trinajstić information content (AvgIpc) is 2.94. The van der Waals surface area contributed by atoms with Crippen LogP contribution in [0, 0.1) is 0 Å². The number of methoxy groups -OCH3 is 1. The summed E-state index contributed by atoms with van der Waals surface area (Å²) in [6.07, 6.45) is 3.00. The first-order valence-corrected chi connectivity index (χ1v) is 7.22. The Bertz CT molecular complexity index is 527. The Hall–Kier alpha value is -1.46. The van der Waals surface area contributed by atoms with Crippen molar-refractivity contribution in [3.05, 3.63) is 40.0 Å². The number of hydrogen-bond donors (Lipinski definition) is 1. The molecule has 0 amide bonds. The number of hydrogen-bond acceptors (Lipinski definition) is 5. The summed E-state index contributed by atoms with van der Waals surface area (Å²) in [5.74, 6) is 0.648. The van der Waals surface area contributed by atoms with E-state index >= 15 is 0 Å². The van der Waals surface area contributed by atoms with Gasteiger partial charge in [0.25, 0.3) is 0 Å². The lowest BCUT2D eigenvalue weighted by molar-refractivity contribution is 0.395. The number of pyridine rings is 1. The highest BCUT2D eigenvalue weighted by molar-refractivity contribution is 7.11. The van der Waals surface area contributed by atoms with Crippen molar-refractivity contribution in [3.63, 3.8) is 0 Å². The molecule has 1 unspecified atom stereocenters. The van der Waals surface area contributed by atoms with Crippen molar-refractivity contribution in [2.24, 2.45) is 0 Å². The molecule has 1 atom stereocenters. The molecule has 19 heavy (non-hydrogen) atoms. The first kappa shape index (κ1) is 14.0. The lowest BCUT2D eigenvalue weighted by atomic mass is 10.3. The Morgan fingerprint density at radius 1 is 1.42 bits per heavy atom. The fraction of sp³-hybridized carbons (Fsp3) is 0.429. The summed E-state index contributed by atoms with van der Waals surface area (Å²) in [5.41, 5.74) is 0.971. The van der Waals surface area contributed by atoms with Crippen molar-refractivity contribution < 1.29 is 4.74 Å². The zero-order valence-corrected chi connectivity index (χ0v) is 12.3. The molecule has 2 aromatic heterocycles. The first-order chi connectivity index (χ1) is 9.22. The van der Waals surface area contributed by atoms with Gasteiger partial charge in [0.1, 0.15) is 5.01 Å². The molecule has 0 aliphatic rings. The Morgan fingerprint density at radius 3 is 2.95 bits per heavy atom. The second-order valence-corrected chi connectivity index (χ2v) is 5.44. The molecule has 2 aromatic rings. The number of aromatic nitrogens is 2. The molecule has 102 valence electrons. The molecular weight excluding hydrogens is 258 g/mol. The fourth-order valence-corrected chi connectivity index (χ4v) is 2.58. The monoisotopic (exact) mass is 277 g/mol. The SMILES string of the molecule is CCc1cnc(C(C)NCc2cccc(OC)n2)s1. The number of nitrogens with zero attached hydrogens (tertiary/aromatic N) is 2. The predicted molar refractivity (Wildman–Crippen MR) is 77.5 cm³/mol. The molecule has 0 spiro atoms. The molecule has 0 aromatic carbocycles. The van der Waals surface area contributed by atoms with E-state index in [2.05, 4.69) is 29.1 Å². The van der Waals surface area contributed by atoms with Crippen LogP contribution in [-0.2, 0) is 13.0 Å². The lowest BCUT2D eigenvalue weighted by Crippen LogP contribution is -2.18.